The van der Waals surface area contributed by atoms with E-state index in [9.17, 15) is 9.59 Å². The molecule has 26 heavy (non-hydrogen) atoms. The summed E-state index contributed by atoms with van der Waals surface area (Å²) in [5, 5.41) is 5.62. The molecule has 132 valence electrons. The zero-order valence-corrected chi connectivity index (χ0v) is 16.0. The largest absolute Gasteiger partial charge is 0.459 e. The minimum absolute atomic E-state index is 0.171. The van der Waals surface area contributed by atoms with E-state index in [0.717, 1.165) is 9.13 Å². The number of rotatable bonds is 6. The lowest BCUT2D eigenvalue weighted by atomic mass is 10.0. The number of amides is 2. The molecule has 0 aliphatic rings. The third-order valence-electron chi connectivity index (χ3n) is 3.74. The molecule has 2 aromatic carbocycles. The average molecular weight is 460 g/mol. The number of carbonyl (C=O) groups excluding carboxylic acids is 2. The first kappa shape index (κ1) is 18.2. The van der Waals surface area contributed by atoms with Gasteiger partial charge in [0.2, 0.25) is 5.91 Å². The molecule has 3 aromatic rings. The Balaban J connectivity index is 1.77. The Labute approximate surface area is 164 Å². The van der Waals surface area contributed by atoms with Crippen molar-refractivity contribution in [2.24, 2.45) is 0 Å². The van der Waals surface area contributed by atoms with Gasteiger partial charge in [-0.25, -0.2) is 0 Å². The van der Waals surface area contributed by atoms with E-state index in [4.69, 9.17) is 4.42 Å². The van der Waals surface area contributed by atoms with Crippen LogP contribution in [0.1, 0.15) is 16.1 Å². The first-order chi connectivity index (χ1) is 12.6. The highest BCUT2D eigenvalue weighted by Gasteiger charge is 2.23. The van der Waals surface area contributed by atoms with Crippen LogP contribution in [-0.4, -0.2) is 17.9 Å². The van der Waals surface area contributed by atoms with E-state index < -0.39 is 11.9 Å². The molecule has 6 heteroatoms. The van der Waals surface area contributed by atoms with Crippen molar-refractivity contribution in [3.05, 3.63) is 87.9 Å². The summed E-state index contributed by atoms with van der Waals surface area (Å²) in [6.45, 7) is 0. The van der Waals surface area contributed by atoms with Crippen LogP contribution in [0.2, 0.25) is 0 Å². The molecule has 1 aromatic heterocycles. The summed E-state index contributed by atoms with van der Waals surface area (Å²) in [4.78, 5) is 25.1. The Morgan fingerprint density at radius 3 is 2.50 bits per heavy atom. The summed E-state index contributed by atoms with van der Waals surface area (Å²) < 4.78 is 6.13. The van der Waals surface area contributed by atoms with E-state index in [-0.39, 0.29) is 11.7 Å². The summed E-state index contributed by atoms with van der Waals surface area (Å²) in [5.41, 5.74) is 1.64. The third kappa shape index (κ3) is 4.95. The number of nitrogens with one attached hydrogen (secondary N) is 2. The van der Waals surface area contributed by atoms with Gasteiger partial charge in [0.1, 0.15) is 6.04 Å². The van der Waals surface area contributed by atoms with E-state index in [1.54, 1.807) is 12.1 Å². The monoisotopic (exact) mass is 460 g/mol. The number of benzene rings is 2. The lowest BCUT2D eigenvalue weighted by Gasteiger charge is -2.18. The summed E-state index contributed by atoms with van der Waals surface area (Å²) in [6, 6.07) is 19.5. The predicted octanol–water partition coefficient (Wildman–Crippen LogP) is 3.86. The third-order valence-corrected chi connectivity index (χ3v) is 4.41. The Morgan fingerprint density at radius 2 is 1.81 bits per heavy atom. The highest BCUT2D eigenvalue weighted by atomic mass is 127. The van der Waals surface area contributed by atoms with Crippen LogP contribution >= 0.6 is 22.6 Å². The van der Waals surface area contributed by atoms with Crippen LogP contribution in [0.5, 0.6) is 0 Å². The topological polar surface area (TPSA) is 71.3 Å². The standard InChI is InChI=1S/C20H17IN2O3/c21-15-8-4-9-16(13-15)22-19(24)17(12-14-6-2-1-3-7-14)23-20(25)18-10-5-11-26-18/h1-11,13,17H,12H2,(H,22,24)(H,23,25). The highest BCUT2D eigenvalue weighted by molar-refractivity contribution is 14.1. The van der Waals surface area contributed by atoms with Crippen LogP contribution < -0.4 is 10.6 Å². The summed E-state index contributed by atoms with van der Waals surface area (Å²) in [5.74, 6) is -0.533. The van der Waals surface area contributed by atoms with Gasteiger partial charge in [-0.15, -0.1) is 0 Å². The Hall–Kier alpha value is -2.61. The van der Waals surface area contributed by atoms with Gasteiger partial charge >= 0.3 is 0 Å². The smallest absolute Gasteiger partial charge is 0.287 e. The Morgan fingerprint density at radius 1 is 1.00 bits per heavy atom. The zero-order chi connectivity index (χ0) is 18.4. The molecule has 0 radical (unpaired) electrons. The van der Waals surface area contributed by atoms with Crippen molar-refractivity contribution in [1.29, 1.82) is 0 Å². The molecule has 0 bridgehead atoms. The normalized spacial score (nSPS) is 11.6. The number of anilines is 1. The fourth-order valence-corrected chi connectivity index (χ4v) is 3.03. The van der Waals surface area contributed by atoms with E-state index in [0.29, 0.717) is 12.1 Å². The van der Waals surface area contributed by atoms with Crippen LogP contribution in [0.25, 0.3) is 0 Å². The van der Waals surface area contributed by atoms with Gasteiger partial charge in [0.05, 0.1) is 6.26 Å². The molecule has 0 fully saturated rings. The maximum absolute atomic E-state index is 12.8. The number of hydrogen-bond acceptors (Lipinski definition) is 3. The molecule has 1 heterocycles. The van der Waals surface area contributed by atoms with Gasteiger partial charge in [0.25, 0.3) is 5.91 Å². The average Bonchev–Trinajstić information content (AvgIpc) is 3.17. The second-order valence-electron chi connectivity index (χ2n) is 5.69. The first-order valence-electron chi connectivity index (χ1n) is 8.06. The number of carbonyl (C=O) groups is 2. The van der Waals surface area contributed by atoms with Crippen molar-refractivity contribution in [3.63, 3.8) is 0 Å². The second kappa shape index (κ2) is 8.66. The van der Waals surface area contributed by atoms with Gasteiger partial charge in [0, 0.05) is 15.7 Å². The SMILES string of the molecule is O=C(NC(Cc1ccccc1)C(=O)Nc1cccc(I)c1)c1ccco1. The summed E-state index contributed by atoms with van der Waals surface area (Å²) >= 11 is 2.18. The van der Waals surface area contributed by atoms with Crippen LogP contribution in [0.3, 0.4) is 0 Å². The molecular weight excluding hydrogens is 443 g/mol. The first-order valence-corrected chi connectivity index (χ1v) is 9.14. The van der Waals surface area contributed by atoms with Gasteiger partial charge in [-0.1, -0.05) is 36.4 Å². The fourth-order valence-electron chi connectivity index (χ4n) is 2.49. The number of furan rings is 1. The zero-order valence-electron chi connectivity index (χ0n) is 13.8. The molecule has 1 atom stereocenters. The van der Waals surface area contributed by atoms with Crippen molar-refractivity contribution in [1.82, 2.24) is 5.32 Å². The quantitative estimate of drug-likeness (QED) is 0.549. The van der Waals surface area contributed by atoms with Crippen molar-refractivity contribution in [3.8, 4) is 0 Å². The molecule has 0 aliphatic carbocycles. The summed E-state index contributed by atoms with van der Waals surface area (Å²) in [7, 11) is 0. The van der Waals surface area contributed by atoms with Gasteiger partial charge < -0.3 is 15.1 Å². The minimum atomic E-state index is -0.729. The molecule has 1 unspecified atom stereocenters. The van der Waals surface area contributed by atoms with Crippen LogP contribution in [0, 0.1) is 3.57 Å². The van der Waals surface area contributed by atoms with E-state index >= 15 is 0 Å². The van der Waals surface area contributed by atoms with Crippen molar-refractivity contribution in [2.45, 2.75) is 12.5 Å². The molecular formula is C20H17IN2O3. The lowest BCUT2D eigenvalue weighted by molar-refractivity contribution is -0.118. The molecule has 0 saturated carbocycles. The van der Waals surface area contributed by atoms with Crippen molar-refractivity contribution < 1.29 is 14.0 Å². The van der Waals surface area contributed by atoms with Crippen LogP contribution in [0.15, 0.2) is 77.4 Å². The van der Waals surface area contributed by atoms with Crippen molar-refractivity contribution in [2.75, 3.05) is 5.32 Å². The minimum Gasteiger partial charge on any atom is -0.459 e. The molecule has 2 amide bonds. The molecule has 2 N–H and O–H groups in total. The molecule has 5 nitrogen and oxygen atoms in total. The maximum atomic E-state index is 12.8. The predicted molar refractivity (Wildman–Crippen MR) is 108 cm³/mol. The van der Waals surface area contributed by atoms with E-state index in [1.807, 2.05) is 54.6 Å². The van der Waals surface area contributed by atoms with Gasteiger partial charge in [0.15, 0.2) is 5.76 Å². The maximum Gasteiger partial charge on any atom is 0.287 e. The number of halogens is 1. The highest BCUT2D eigenvalue weighted by Crippen LogP contribution is 2.14. The van der Waals surface area contributed by atoms with Gasteiger partial charge in [-0.05, 0) is 58.5 Å². The summed E-state index contributed by atoms with van der Waals surface area (Å²) in [6.07, 6.45) is 1.80. The van der Waals surface area contributed by atoms with E-state index in [1.165, 1.54) is 6.26 Å². The molecule has 3 rings (SSSR count). The molecule has 0 aliphatic heterocycles. The van der Waals surface area contributed by atoms with Crippen LogP contribution in [0.4, 0.5) is 5.69 Å². The lowest BCUT2D eigenvalue weighted by Crippen LogP contribution is -2.45. The van der Waals surface area contributed by atoms with Gasteiger partial charge in [-0.2, -0.15) is 0 Å². The van der Waals surface area contributed by atoms with Gasteiger partial charge in [-0.3, -0.25) is 9.59 Å². The van der Waals surface area contributed by atoms with Crippen LogP contribution in [-0.2, 0) is 11.2 Å². The Kier molecular flexibility index (Phi) is 6.06. The van der Waals surface area contributed by atoms with E-state index in [2.05, 4.69) is 33.2 Å². The number of hydrogen-bond donors (Lipinski definition) is 2. The fraction of sp³-hybridized carbons (Fsp3) is 0.100. The molecule has 0 saturated heterocycles. The molecule has 0 spiro atoms. The Bertz CT molecular complexity index is 879. The van der Waals surface area contributed by atoms with Crippen molar-refractivity contribution >= 4 is 40.1 Å². The second-order valence-corrected chi connectivity index (χ2v) is 6.94.